The van der Waals surface area contributed by atoms with Gasteiger partial charge in [0.2, 0.25) is 0 Å². The third-order valence-electron chi connectivity index (χ3n) is 4.21. The second-order valence-corrected chi connectivity index (χ2v) is 7.44. The smallest absolute Gasteiger partial charge is 0.191 e. The van der Waals surface area contributed by atoms with E-state index in [9.17, 15) is 0 Å². The molecule has 0 unspecified atom stereocenters. The van der Waals surface area contributed by atoms with Crippen LogP contribution in [0.25, 0.3) is 0 Å². The van der Waals surface area contributed by atoms with Gasteiger partial charge in [-0.15, -0.1) is 11.8 Å². The van der Waals surface area contributed by atoms with Crippen molar-refractivity contribution in [3.63, 3.8) is 0 Å². The molecule has 0 aliphatic heterocycles. The topological polar surface area (TPSA) is 67.4 Å². The third kappa shape index (κ3) is 6.81. The fraction of sp³-hybridized carbons (Fsp3) is 0.333. The Morgan fingerprint density at radius 1 is 1.07 bits per heavy atom. The molecule has 3 rings (SSSR count). The summed E-state index contributed by atoms with van der Waals surface area (Å²) in [6, 6.07) is 16.4. The Bertz CT molecular complexity index is 830. The zero-order valence-corrected chi connectivity index (χ0v) is 17.0. The van der Waals surface area contributed by atoms with E-state index in [1.807, 2.05) is 54.0 Å². The Morgan fingerprint density at radius 2 is 1.93 bits per heavy atom. The molecule has 0 atom stereocenters. The molecule has 0 saturated carbocycles. The zero-order chi connectivity index (χ0) is 19.4. The number of aliphatic imine (C=N–C) groups is 1. The highest BCUT2D eigenvalue weighted by atomic mass is 32.2. The van der Waals surface area contributed by atoms with Gasteiger partial charge in [0, 0.05) is 62.1 Å². The number of hydrogen-bond acceptors (Lipinski definition) is 4. The van der Waals surface area contributed by atoms with E-state index >= 15 is 0 Å². The Balaban J connectivity index is 1.45. The van der Waals surface area contributed by atoms with Crippen LogP contribution in [-0.4, -0.2) is 41.1 Å². The predicted molar refractivity (Wildman–Crippen MR) is 115 cm³/mol. The molecule has 0 spiro atoms. The van der Waals surface area contributed by atoms with Crippen molar-refractivity contribution in [1.29, 1.82) is 0 Å². The lowest BCUT2D eigenvalue weighted by molar-refractivity contribution is 0.510. The molecule has 2 aromatic heterocycles. The number of guanidine groups is 1. The summed E-state index contributed by atoms with van der Waals surface area (Å²) >= 11 is 1.84. The highest BCUT2D eigenvalue weighted by molar-refractivity contribution is 7.99. The largest absolute Gasteiger partial charge is 0.469 e. The SMILES string of the molecule is Cn1nccc1CCNC(=NCCc1ccco1)NCCSc1ccccc1. The van der Waals surface area contributed by atoms with Gasteiger partial charge in [0.15, 0.2) is 5.96 Å². The molecule has 28 heavy (non-hydrogen) atoms. The van der Waals surface area contributed by atoms with Crippen LogP contribution >= 0.6 is 11.8 Å². The number of furan rings is 1. The maximum atomic E-state index is 5.38. The number of rotatable bonds is 10. The number of hydrogen-bond donors (Lipinski definition) is 2. The van der Waals surface area contributed by atoms with Gasteiger partial charge in [0.1, 0.15) is 5.76 Å². The van der Waals surface area contributed by atoms with Crippen LogP contribution < -0.4 is 10.6 Å². The Hall–Kier alpha value is -2.67. The number of aryl methyl sites for hydroxylation is 1. The Kier molecular flexibility index (Phi) is 8.06. The summed E-state index contributed by atoms with van der Waals surface area (Å²) in [4.78, 5) is 5.97. The molecule has 148 valence electrons. The minimum Gasteiger partial charge on any atom is -0.469 e. The minimum absolute atomic E-state index is 0.681. The van der Waals surface area contributed by atoms with E-state index < -0.39 is 0 Å². The molecule has 2 N–H and O–H groups in total. The molecule has 0 aliphatic carbocycles. The van der Waals surface area contributed by atoms with Gasteiger partial charge in [-0.05, 0) is 30.3 Å². The lowest BCUT2D eigenvalue weighted by Gasteiger charge is -2.13. The highest BCUT2D eigenvalue weighted by Crippen LogP contribution is 2.15. The summed E-state index contributed by atoms with van der Waals surface area (Å²) in [5.74, 6) is 2.77. The molecule has 1 aromatic carbocycles. The average Bonchev–Trinajstić information content (AvgIpc) is 3.37. The maximum absolute atomic E-state index is 5.38. The molecular weight excluding hydrogens is 370 g/mol. The van der Waals surface area contributed by atoms with E-state index in [0.717, 1.165) is 43.4 Å². The fourth-order valence-corrected chi connectivity index (χ4v) is 3.51. The van der Waals surface area contributed by atoms with Gasteiger partial charge in [0.25, 0.3) is 0 Å². The van der Waals surface area contributed by atoms with Crippen molar-refractivity contribution < 1.29 is 4.42 Å². The molecule has 0 amide bonds. The number of aromatic nitrogens is 2. The van der Waals surface area contributed by atoms with Crippen LogP contribution in [-0.2, 0) is 19.9 Å². The van der Waals surface area contributed by atoms with Crippen molar-refractivity contribution >= 4 is 17.7 Å². The molecule has 7 heteroatoms. The summed E-state index contributed by atoms with van der Waals surface area (Å²) in [6.45, 7) is 2.33. The van der Waals surface area contributed by atoms with E-state index in [1.54, 1.807) is 6.26 Å². The molecule has 2 heterocycles. The maximum Gasteiger partial charge on any atom is 0.191 e. The molecule has 0 aliphatic rings. The van der Waals surface area contributed by atoms with E-state index in [1.165, 1.54) is 10.6 Å². The fourth-order valence-electron chi connectivity index (χ4n) is 2.72. The first-order chi connectivity index (χ1) is 13.8. The van der Waals surface area contributed by atoms with E-state index in [-0.39, 0.29) is 0 Å². The van der Waals surface area contributed by atoms with Crippen LogP contribution in [0.3, 0.4) is 0 Å². The van der Waals surface area contributed by atoms with Crippen LogP contribution in [0.1, 0.15) is 11.5 Å². The zero-order valence-electron chi connectivity index (χ0n) is 16.2. The normalized spacial score (nSPS) is 11.5. The third-order valence-corrected chi connectivity index (χ3v) is 5.22. The number of thioether (sulfide) groups is 1. The quantitative estimate of drug-likeness (QED) is 0.238. The van der Waals surface area contributed by atoms with Gasteiger partial charge in [-0.25, -0.2) is 0 Å². The van der Waals surface area contributed by atoms with Crippen LogP contribution in [0.4, 0.5) is 0 Å². The molecule has 6 nitrogen and oxygen atoms in total. The van der Waals surface area contributed by atoms with Gasteiger partial charge in [-0.3, -0.25) is 9.67 Å². The molecule has 0 radical (unpaired) electrons. The first kappa shape index (κ1) is 20.1. The van der Waals surface area contributed by atoms with Gasteiger partial charge in [-0.1, -0.05) is 18.2 Å². The van der Waals surface area contributed by atoms with E-state index in [2.05, 4.69) is 45.0 Å². The van der Waals surface area contributed by atoms with Crippen molar-refractivity contribution in [2.75, 3.05) is 25.4 Å². The van der Waals surface area contributed by atoms with Crippen LogP contribution in [0, 0.1) is 0 Å². The van der Waals surface area contributed by atoms with Crippen molar-refractivity contribution in [3.8, 4) is 0 Å². The summed E-state index contributed by atoms with van der Waals surface area (Å²) in [5, 5.41) is 11.1. The van der Waals surface area contributed by atoms with Crippen LogP contribution in [0.15, 0.2) is 75.3 Å². The summed E-state index contributed by atoms with van der Waals surface area (Å²) in [5.41, 5.74) is 1.20. The number of nitrogens with zero attached hydrogens (tertiary/aromatic N) is 3. The van der Waals surface area contributed by atoms with Crippen LogP contribution in [0.2, 0.25) is 0 Å². The number of benzene rings is 1. The van der Waals surface area contributed by atoms with Crippen LogP contribution in [0.5, 0.6) is 0 Å². The van der Waals surface area contributed by atoms with E-state index in [0.29, 0.717) is 6.54 Å². The van der Waals surface area contributed by atoms with Crippen molar-refractivity contribution in [2.24, 2.45) is 12.0 Å². The van der Waals surface area contributed by atoms with Gasteiger partial charge in [0.05, 0.1) is 6.26 Å². The minimum atomic E-state index is 0.681. The second kappa shape index (κ2) is 11.2. The summed E-state index contributed by atoms with van der Waals surface area (Å²) in [7, 11) is 1.97. The Labute approximate surface area is 170 Å². The summed E-state index contributed by atoms with van der Waals surface area (Å²) in [6.07, 6.45) is 5.21. The lowest BCUT2D eigenvalue weighted by atomic mass is 10.3. The second-order valence-electron chi connectivity index (χ2n) is 6.27. The lowest BCUT2D eigenvalue weighted by Crippen LogP contribution is -2.39. The summed E-state index contributed by atoms with van der Waals surface area (Å²) < 4.78 is 7.29. The van der Waals surface area contributed by atoms with Gasteiger partial charge >= 0.3 is 0 Å². The molecule has 0 saturated heterocycles. The molecular formula is C21H27N5OS. The van der Waals surface area contributed by atoms with Crippen molar-refractivity contribution in [3.05, 3.63) is 72.4 Å². The average molecular weight is 398 g/mol. The molecule has 0 fully saturated rings. The van der Waals surface area contributed by atoms with Crippen molar-refractivity contribution in [1.82, 2.24) is 20.4 Å². The number of nitrogens with one attached hydrogen (secondary N) is 2. The molecule has 0 bridgehead atoms. The standard InChI is InChI=1S/C21H27N5OS/c1-26-18(10-14-25-26)9-12-22-21(23-13-11-19-6-5-16-27-19)24-15-17-28-20-7-3-2-4-8-20/h2-8,10,14,16H,9,11-13,15,17H2,1H3,(H2,22,23,24). The first-order valence-electron chi connectivity index (χ1n) is 9.50. The van der Waals surface area contributed by atoms with Crippen molar-refractivity contribution in [2.45, 2.75) is 17.7 Å². The predicted octanol–water partition coefficient (Wildman–Crippen LogP) is 3.13. The van der Waals surface area contributed by atoms with Gasteiger partial charge < -0.3 is 15.1 Å². The Morgan fingerprint density at radius 3 is 2.68 bits per heavy atom. The van der Waals surface area contributed by atoms with E-state index in [4.69, 9.17) is 4.42 Å². The monoisotopic (exact) mass is 397 g/mol. The highest BCUT2D eigenvalue weighted by Gasteiger charge is 2.02. The van der Waals surface area contributed by atoms with Gasteiger partial charge in [-0.2, -0.15) is 5.10 Å². The molecule has 3 aromatic rings. The first-order valence-corrected chi connectivity index (χ1v) is 10.5.